The molecule has 0 aliphatic carbocycles. The van der Waals surface area contributed by atoms with Gasteiger partial charge in [0.15, 0.2) is 0 Å². The van der Waals surface area contributed by atoms with Gasteiger partial charge in [0.2, 0.25) is 12.8 Å². The van der Waals surface area contributed by atoms with Crippen molar-refractivity contribution in [2.75, 3.05) is 103 Å². The van der Waals surface area contributed by atoms with Crippen LogP contribution in [0.1, 0.15) is 12.8 Å². The van der Waals surface area contributed by atoms with Crippen molar-refractivity contribution in [3.63, 3.8) is 0 Å². The van der Waals surface area contributed by atoms with Crippen molar-refractivity contribution >= 4 is 95.6 Å². The third-order valence-corrected chi connectivity index (χ3v) is 10.4. The summed E-state index contributed by atoms with van der Waals surface area (Å²) in [6.45, 7) is 2.93. The number of hydrogen-bond acceptors (Lipinski definition) is 18. The topological polar surface area (TPSA) is 179 Å². The highest BCUT2D eigenvalue weighted by Gasteiger charge is 2.02. The molecule has 0 aliphatic rings. The average molecular weight is 729 g/mol. The van der Waals surface area contributed by atoms with Gasteiger partial charge in [0.25, 0.3) is 0 Å². The molecule has 0 saturated carbocycles. The van der Waals surface area contributed by atoms with Gasteiger partial charge in [-0.3, -0.25) is 9.98 Å². The van der Waals surface area contributed by atoms with E-state index in [4.69, 9.17) is 39.2 Å². The molecular formula is C23H44N4O10S6. The van der Waals surface area contributed by atoms with Gasteiger partial charge in [0, 0.05) is 71.0 Å². The Kier molecular flexibility index (Phi) is 37.1. The minimum atomic E-state index is -0.456. The summed E-state index contributed by atoms with van der Waals surface area (Å²) in [7, 11) is 0. The summed E-state index contributed by atoms with van der Waals surface area (Å²) in [4.78, 5) is 50.5. The Labute approximate surface area is 279 Å². The van der Waals surface area contributed by atoms with E-state index < -0.39 is 12.2 Å². The molecule has 0 aromatic carbocycles. The summed E-state index contributed by atoms with van der Waals surface area (Å²) in [5.41, 5.74) is 0. The Morgan fingerprint density at radius 3 is 1.77 bits per heavy atom. The van der Waals surface area contributed by atoms with Crippen molar-refractivity contribution < 1.29 is 48.8 Å². The molecule has 0 rings (SSSR count). The molecule has 0 aliphatic heterocycles. The van der Waals surface area contributed by atoms with Gasteiger partial charge in [0.05, 0.1) is 26.3 Å². The molecule has 0 bridgehead atoms. The van der Waals surface area contributed by atoms with E-state index in [1.54, 1.807) is 47.0 Å². The van der Waals surface area contributed by atoms with E-state index in [1.807, 2.05) is 0 Å². The van der Waals surface area contributed by atoms with E-state index in [0.29, 0.717) is 56.7 Å². The number of carbonyl (C=O) groups is 2. The minimum Gasteiger partial charge on any atom is -0.449 e. The number of aliphatic hydroxyl groups is 2. The summed E-state index contributed by atoms with van der Waals surface area (Å²) in [5.74, 6) is 3.87. The van der Waals surface area contributed by atoms with Crippen molar-refractivity contribution in [3.05, 3.63) is 0 Å². The zero-order valence-electron chi connectivity index (χ0n) is 24.1. The number of amides is 2. The Bertz CT molecular complexity index is 693. The maximum atomic E-state index is 11.7. The molecule has 4 N–H and O–H groups in total. The lowest BCUT2D eigenvalue weighted by Gasteiger charge is -2.06. The molecule has 0 heterocycles. The van der Waals surface area contributed by atoms with Gasteiger partial charge in [0.1, 0.15) is 11.9 Å². The summed E-state index contributed by atoms with van der Waals surface area (Å²) in [6, 6.07) is 0. The highest BCUT2D eigenvalue weighted by Crippen LogP contribution is 2.13. The fourth-order valence-corrected chi connectivity index (χ4v) is 7.17. The Balaban J connectivity index is 3.26. The SMILES string of the molecule is O=C(NCCSCSCCN=COOCSCSCOC(=O)NCCSCSCCN=COOCCCO)OCCCO. The second-order valence-electron chi connectivity index (χ2n) is 7.36. The molecule has 0 aromatic rings. The summed E-state index contributed by atoms with van der Waals surface area (Å²) < 4.78 is 9.97. The van der Waals surface area contributed by atoms with Crippen LogP contribution in [-0.4, -0.2) is 138 Å². The summed E-state index contributed by atoms with van der Waals surface area (Å²) in [5, 5.41) is 25.1. The van der Waals surface area contributed by atoms with E-state index in [-0.39, 0.29) is 25.8 Å². The smallest absolute Gasteiger partial charge is 0.407 e. The van der Waals surface area contributed by atoms with Crippen LogP contribution in [0.2, 0.25) is 0 Å². The largest absolute Gasteiger partial charge is 0.449 e. The Morgan fingerprint density at radius 2 is 1.14 bits per heavy atom. The predicted octanol–water partition coefficient (Wildman–Crippen LogP) is 3.34. The van der Waals surface area contributed by atoms with Crippen molar-refractivity contribution in [3.8, 4) is 0 Å². The van der Waals surface area contributed by atoms with E-state index in [9.17, 15) is 9.59 Å². The molecular weight excluding hydrogens is 685 g/mol. The zero-order chi connectivity index (χ0) is 31.3. The standard InChI is InChI=1S/C23H44N4O10S6/c28-7-1-9-32-22(30)26-5-13-40-19-39-12-4-25-16-36-37-18-43-21-42-17-33-23(31)27-6-14-41-20-38-11-3-24-15-35-34-10-2-8-29/h15-16,28-29H,1-14,17-21H2,(H,26,30)(H,27,31). The molecule has 0 fully saturated rings. The first-order chi connectivity index (χ1) is 21.2. The quantitative estimate of drug-likeness (QED) is 0.0198. The van der Waals surface area contributed by atoms with Crippen LogP contribution in [0.4, 0.5) is 9.59 Å². The molecule has 0 atom stereocenters. The number of ether oxygens (including phenoxy) is 2. The molecule has 20 heteroatoms. The van der Waals surface area contributed by atoms with Crippen LogP contribution in [0.3, 0.4) is 0 Å². The molecule has 14 nitrogen and oxygen atoms in total. The molecule has 0 spiro atoms. The first-order valence-corrected chi connectivity index (χ1v) is 20.2. The van der Waals surface area contributed by atoms with Crippen molar-refractivity contribution in [2.45, 2.75) is 12.8 Å². The third kappa shape index (κ3) is 37.5. The van der Waals surface area contributed by atoms with Crippen molar-refractivity contribution in [2.24, 2.45) is 9.98 Å². The number of alkyl carbamates (subject to hydrolysis) is 2. The minimum absolute atomic E-state index is 0.00656. The predicted molar refractivity (Wildman–Crippen MR) is 183 cm³/mol. The maximum Gasteiger partial charge on any atom is 0.407 e. The van der Waals surface area contributed by atoms with E-state index in [1.165, 1.54) is 36.3 Å². The lowest BCUT2D eigenvalue weighted by atomic mass is 10.5. The molecule has 0 aromatic heterocycles. The number of carbonyl (C=O) groups excluding carboxylic acids is 2. The fourth-order valence-electron chi connectivity index (χ4n) is 2.05. The van der Waals surface area contributed by atoms with Crippen LogP contribution in [0.5, 0.6) is 0 Å². The van der Waals surface area contributed by atoms with Gasteiger partial charge in [-0.2, -0.15) is 9.78 Å². The summed E-state index contributed by atoms with van der Waals surface area (Å²) >= 11 is 9.87. The molecule has 43 heavy (non-hydrogen) atoms. The molecule has 0 unspecified atom stereocenters. The number of rotatable bonds is 32. The lowest BCUT2D eigenvalue weighted by molar-refractivity contribution is -0.218. The first-order valence-electron chi connectivity index (χ1n) is 13.2. The Morgan fingerprint density at radius 1 is 0.628 bits per heavy atom. The van der Waals surface area contributed by atoms with Crippen LogP contribution in [-0.2, 0) is 29.0 Å². The highest BCUT2D eigenvalue weighted by atomic mass is 32.2. The molecule has 0 radical (unpaired) electrons. The van der Waals surface area contributed by atoms with Crippen LogP contribution < -0.4 is 10.6 Å². The zero-order valence-corrected chi connectivity index (χ0v) is 29.0. The summed E-state index contributed by atoms with van der Waals surface area (Å²) in [6.07, 6.45) is 2.63. The Hall–Kier alpha value is -0.580. The second-order valence-corrected chi connectivity index (χ2v) is 14.7. The van der Waals surface area contributed by atoms with Crippen LogP contribution >= 0.6 is 70.6 Å². The van der Waals surface area contributed by atoms with Gasteiger partial charge >= 0.3 is 12.2 Å². The number of aliphatic imine (C=N–C) groups is 2. The third-order valence-electron chi connectivity index (χ3n) is 3.96. The van der Waals surface area contributed by atoms with E-state index in [2.05, 4.69) is 20.6 Å². The second kappa shape index (κ2) is 37.6. The van der Waals surface area contributed by atoms with Gasteiger partial charge in [-0.15, -0.1) is 70.6 Å². The average Bonchev–Trinajstić information content (AvgIpc) is 3.00. The van der Waals surface area contributed by atoms with E-state index >= 15 is 0 Å². The molecule has 252 valence electrons. The fraction of sp³-hybridized carbons (Fsp3) is 0.826. The number of hydrogen-bond donors (Lipinski definition) is 4. The lowest BCUT2D eigenvalue weighted by Crippen LogP contribution is -2.27. The van der Waals surface area contributed by atoms with E-state index in [0.717, 1.165) is 33.2 Å². The van der Waals surface area contributed by atoms with Gasteiger partial charge in [-0.25, -0.2) is 9.59 Å². The van der Waals surface area contributed by atoms with Crippen LogP contribution in [0.15, 0.2) is 9.98 Å². The van der Waals surface area contributed by atoms with Crippen LogP contribution in [0.25, 0.3) is 0 Å². The molecule has 0 saturated heterocycles. The number of nitrogens with zero attached hydrogens (tertiary/aromatic N) is 2. The van der Waals surface area contributed by atoms with Crippen molar-refractivity contribution in [1.29, 1.82) is 0 Å². The number of thioether (sulfide) groups is 6. The maximum absolute atomic E-state index is 11.7. The highest BCUT2D eigenvalue weighted by molar-refractivity contribution is 8.16. The van der Waals surface area contributed by atoms with Gasteiger partial charge < -0.3 is 40.1 Å². The first kappa shape index (κ1) is 42.4. The monoisotopic (exact) mass is 728 g/mol. The van der Waals surface area contributed by atoms with Gasteiger partial charge in [-0.05, 0) is 6.42 Å². The normalized spacial score (nSPS) is 11.2. The van der Waals surface area contributed by atoms with Gasteiger partial charge in [-0.1, -0.05) is 0 Å². The van der Waals surface area contributed by atoms with Crippen molar-refractivity contribution in [1.82, 2.24) is 10.6 Å². The van der Waals surface area contributed by atoms with Crippen LogP contribution in [0, 0.1) is 0 Å². The molecule has 2 amide bonds. The number of aliphatic hydroxyl groups excluding tert-OH is 2. The number of nitrogens with one attached hydrogen (secondary N) is 2.